The van der Waals surface area contributed by atoms with Gasteiger partial charge in [-0.2, -0.15) is 0 Å². The first-order chi connectivity index (χ1) is 9.61. The lowest BCUT2D eigenvalue weighted by atomic mass is 10.1. The predicted octanol–water partition coefficient (Wildman–Crippen LogP) is 1.55. The summed E-state index contributed by atoms with van der Waals surface area (Å²) in [5, 5.41) is 8.96. The summed E-state index contributed by atoms with van der Waals surface area (Å²) in [7, 11) is 0. The zero-order valence-corrected chi connectivity index (χ0v) is 11.7. The maximum absolute atomic E-state index is 12.4. The van der Waals surface area contributed by atoms with Crippen LogP contribution in [0.25, 0.3) is 0 Å². The summed E-state index contributed by atoms with van der Waals surface area (Å²) in [5.41, 5.74) is 0.606. The molecule has 0 aromatic heterocycles. The van der Waals surface area contributed by atoms with Gasteiger partial charge < -0.3 is 10.0 Å². The Labute approximate surface area is 118 Å². The highest BCUT2D eigenvalue weighted by atomic mass is 16.4. The Kier molecular flexibility index (Phi) is 4.74. The van der Waals surface area contributed by atoms with Crippen LogP contribution in [0.1, 0.15) is 34.1 Å². The summed E-state index contributed by atoms with van der Waals surface area (Å²) in [4.78, 5) is 27.4. The first-order valence-corrected chi connectivity index (χ1v) is 6.97. The van der Waals surface area contributed by atoms with Crippen LogP contribution in [-0.4, -0.2) is 59.5 Å². The summed E-state index contributed by atoms with van der Waals surface area (Å²) in [6.07, 6.45) is 1.12. The van der Waals surface area contributed by atoms with Gasteiger partial charge in [0.2, 0.25) is 0 Å². The number of hydrogen-bond acceptors (Lipinski definition) is 3. The number of rotatable bonds is 4. The average molecular weight is 276 g/mol. The molecule has 0 saturated carbocycles. The molecule has 2 rings (SSSR count). The van der Waals surface area contributed by atoms with E-state index in [2.05, 4.69) is 11.8 Å². The van der Waals surface area contributed by atoms with Crippen molar-refractivity contribution in [1.82, 2.24) is 9.80 Å². The number of carboxylic acid groups (broad SMARTS) is 1. The number of nitrogens with zero attached hydrogens (tertiary/aromatic N) is 2. The van der Waals surface area contributed by atoms with Crippen molar-refractivity contribution in [1.29, 1.82) is 0 Å². The molecule has 1 saturated heterocycles. The van der Waals surface area contributed by atoms with E-state index in [1.807, 2.05) is 0 Å². The van der Waals surface area contributed by atoms with Crippen LogP contribution in [0.3, 0.4) is 0 Å². The summed E-state index contributed by atoms with van der Waals surface area (Å²) < 4.78 is 0. The van der Waals surface area contributed by atoms with Gasteiger partial charge in [0, 0.05) is 31.7 Å². The molecule has 1 heterocycles. The number of carbonyl (C=O) groups excluding carboxylic acids is 1. The van der Waals surface area contributed by atoms with Gasteiger partial charge in [0.05, 0.1) is 5.56 Å². The van der Waals surface area contributed by atoms with Crippen molar-refractivity contribution >= 4 is 11.9 Å². The molecular formula is C15H20N2O3. The minimum absolute atomic E-state index is 0.0794. The Morgan fingerprint density at radius 1 is 1.15 bits per heavy atom. The maximum Gasteiger partial charge on any atom is 0.335 e. The second kappa shape index (κ2) is 6.52. The van der Waals surface area contributed by atoms with Crippen molar-refractivity contribution in [3.8, 4) is 0 Å². The number of aromatic carboxylic acids is 1. The van der Waals surface area contributed by atoms with Gasteiger partial charge in [-0.15, -0.1) is 0 Å². The molecule has 1 fully saturated rings. The number of hydrogen-bond donors (Lipinski definition) is 1. The van der Waals surface area contributed by atoms with Crippen LogP contribution in [0.4, 0.5) is 0 Å². The van der Waals surface area contributed by atoms with Crippen LogP contribution in [-0.2, 0) is 0 Å². The molecule has 1 aromatic carbocycles. The van der Waals surface area contributed by atoms with Gasteiger partial charge in [-0.3, -0.25) is 9.69 Å². The van der Waals surface area contributed by atoms with E-state index in [0.717, 1.165) is 26.1 Å². The summed E-state index contributed by atoms with van der Waals surface area (Å²) in [5.74, 6) is -1.09. The molecule has 5 heteroatoms. The fourth-order valence-electron chi connectivity index (χ4n) is 2.46. The van der Waals surface area contributed by atoms with Gasteiger partial charge in [0.25, 0.3) is 5.91 Å². The third-order valence-electron chi connectivity index (χ3n) is 3.56. The molecule has 5 nitrogen and oxygen atoms in total. The molecular weight excluding hydrogens is 256 g/mol. The molecule has 0 spiro atoms. The SMILES string of the molecule is CCCN1CCN(C(=O)c2cccc(C(=O)O)c2)CC1. The van der Waals surface area contributed by atoms with Crippen molar-refractivity contribution in [2.24, 2.45) is 0 Å². The first kappa shape index (κ1) is 14.5. The van der Waals surface area contributed by atoms with E-state index >= 15 is 0 Å². The van der Waals surface area contributed by atoms with E-state index in [9.17, 15) is 9.59 Å². The number of carbonyl (C=O) groups is 2. The topological polar surface area (TPSA) is 60.9 Å². The van der Waals surface area contributed by atoms with Gasteiger partial charge in [0.1, 0.15) is 0 Å². The first-order valence-electron chi connectivity index (χ1n) is 6.97. The maximum atomic E-state index is 12.4. The average Bonchev–Trinajstić information content (AvgIpc) is 2.48. The van der Waals surface area contributed by atoms with Crippen molar-refractivity contribution in [2.75, 3.05) is 32.7 Å². The van der Waals surface area contributed by atoms with Crippen LogP contribution in [0, 0.1) is 0 Å². The van der Waals surface area contributed by atoms with E-state index in [-0.39, 0.29) is 11.5 Å². The second-order valence-electron chi connectivity index (χ2n) is 5.02. The Balaban J connectivity index is 2.02. The van der Waals surface area contributed by atoms with E-state index in [0.29, 0.717) is 18.7 Å². The minimum atomic E-state index is -1.01. The standard InChI is InChI=1S/C15H20N2O3/c1-2-6-16-7-9-17(10-8-16)14(18)12-4-3-5-13(11-12)15(19)20/h3-5,11H,2,6-10H2,1H3,(H,19,20). The zero-order chi connectivity index (χ0) is 14.5. The number of carboxylic acids is 1. The van der Waals surface area contributed by atoms with Crippen LogP contribution in [0.2, 0.25) is 0 Å². The van der Waals surface area contributed by atoms with Gasteiger partial charge >= 0.3 is 5.97 Å². The fourth-order valence-corrected chi connectivity index (χ4v) is 2.46. The Morgan fingerprint density at radius 3 is 2.40 bits per heavy atom. The Morgan fingerprint density at radius 2 is 1.80 bits per heavy atom. The van der Waals surface area contributed by atoms with Crippen LogP contribution in [0.5, 0.6) is 0 Å². The Bertz CT molecular complexity index is 494. The molecule has 1 aromatic rings. The number of amides is 1. The molecule has 0 atom stereocenters. The molecule has 0 bridgehead atoms. The van der Waals surface area contributed by atoms with Crippen LogP contribution >= 0.6 is 0 Å². The monoisotopic (exact) mass is 276 g/mol. The van der Waals surface area contributed by atoms with Crippen LogP contribution < -0.4 is 0 Å². The third kappa shape index (κ3) is 3.36. The number of piperazine rings is 1. The van der Waals surface area contributed by atoms with Crippen LogP contribution in [0.15, 0.2) is 24.3 Å². The van der Waals surface area contributed by atoms with E-state index in [4.69, 9.17) is 5.11 Å². The Hall–Kier alpha value is -1.88. The summed E-state index contributed by atoms with van der Waals surface area (Å²) in [6, 6.07) is 6.23. The quantitative estimate of drug-likeness (QED) is 0.906. The van der Waals surface area contributed by atoms with E-state index < -0.39 is 5.97 Å². The van der Waals surface area contributed by atoms with E-state index in [1.54, 1.807) is 17.0 Å². The lowest BCUT2D eigenvalue weighted by Crippen LogP contribution is -2.48. The molecule has 0 radical (unpaired) electrons. The van der Waals surface area contributed by atoms with E-state index in [1.165, 1.54) is 12.1 Å². The molecule has 1 amide bonds. The van der Waals surface area contributed by atoms with Gasteiger partial charge in [0.15, 0.2) is 0 Å². The number of benzene rings is 1. The lowest BCUT2D eigenvalue weighted by molar-refractivity contribution is 0.0637. The molecule has 1 aliphatic heterocycles. The van der Waals surface area contributed by atoms with Crippen molar-refractivity contribution in [3.05, 3.63) is 35.4 Å². The van der Waals surface area contributed by atoms with Crippen molar-refractivity contribution in [2.45, 2.75) is 13.3 Å². The molecule has 108 valence electrons. The fraction of sp³-hybridized carbons (Fsp3) is 0.467. The molecule has 0 aliphatic carbocycles. The second-order valence-corrected chi connectivity index (χ2v) is 5.02. The third-order valence-corrected chi connectivity index (χ3v) is 3.56. The smallest absolute Gasteiger partial charge is 0.335 e. The minimum Gasteiger partial charge on any atom is -0.478 e. The van der Waals surface area contributed by atoms with Crippen molar-refractivity contribution in [3.63, 3.8) is 0 Å². The van der Waals surface area contributed by atoms with Gasteiger partial charge in [-0.05, 0) is 31.2 Å². The molecule has 20 heavy (non-hydrogen) atoms. The molecule has 1 N–H and O–H groups in total. The lowest BCUT2D eigenvalue weighted by Gasteiger charge is -2.34. The highest BCUT2D eigenvalue weighted by Crippen LogP contribution is 2.11. The summed E-state index contributed by atoms with van der Waals surface area (Å²) in [6.45, 7) is 6.40. The molecule has 0 unspecified atom stereocenters. The summed E-state index contributed by atoms with van der Waals surface area (Å²) >= 11 is 0. The molecule has 1 aliphatic rings. The highest BCUT2D eigenvalue weighted by molar-refractivity contribution is 5.97. The van der Waals surface area contributed by atoms with Gasteiger partial charge in [-0.25, -0.2) is 4.79 Å². The van der Waals surface area contributed by atoms with Gasteiger partial charge in [-0.1, -0.05) is 13.0 Å². The van der Waals surface area contributed by atoms with Crippen molar-refractivity contribution < 1.29 is 14.7 Å². The normalized spacial score (nSPS) is 16.1. The highest BCUT2D eigenvalue weighted by Gasteiger charge is 2.22. The zero-order valence-electron chi connectivity index (χ0n) is 11.7. The largest absolute Gasteiger partial charge is 0.478 e. The predicted molar refractivity (Wildman–Crippen MR) is 76.0 cm³/mol.